The third-order valence-electron chi connectivity index (χ3n) is 2.95. The third kappa shape index (κ3) is 0.737. The Morgan fingerprint density at radius 1 is 1.64 bits per heavy atom. The van der Waals surface area contributed by atoms with Crippen LogP contribution in [0.15, 0.2) is 0 Å². The van der Waals surface area contributed by atoms with Crippen LogP contribution in [0, 0.1) is 17.3 Å². The molecule has 0 amide bonds. The first-order valence-electron chi connectivity index (χ1n) is 3.78. The number of carbonyl (C=O) groups excluding carboxylic acids is 2. The highest BCUT2D eigenvalue weighted by atomic mass is 16.5. The van der Waals surface area contributed by atoms with Crippen molar-refractivity contribution in [3.63, 3.8) is 0 Å². The molecule has 60 valence electrons. The minimum atomic E-state index is -0.144. The second-order valence-electron chi connectivity index (χ2n) is 3.46. The molecule has 0 saturated heterocycles. The summed E-state index contributed by atoms with van der Waals surface area (Å²) < 4.78 is 4.59. The van der Waals surface area contributed by atoms with E-state index in [-0.39, 0.29) is 23.2 Å². The molecule has 2 saturated carbocycles. The maximum Gasteiger partial charge on any atom is 0.309 e. The van der Waals surface area contributed by atoms with Gasteiger partial charge in [-0.1, -0.05) is 0 Å². The van der Waals surface area contributed by atoms with Gasteiger partial charge in [0.2, 0.25) is 0 Å². The average molecular weight is 154 g/mol. The Labute approximate surface area is 64.7 Å². The van der Waals surface area contributed by atoms with Crippen LogP contribution in [-0.2, 0) is 14.3 Å². The van der Waals surface area contributed by atoms with Crippen LogP contribution in [0.2, 0.25) is 0 Å². The summed E-state index contributed by atoms with van der Waals surface area (Å²) in [4.78, 5) is 21.3. The zero-order valence-corrected chi connectivity index (χ0v) is 6.37. The second-order valence-corrected chi connectivity index (χ2v) is 3.46. The topological polar surface area (TPSA) is 43.4 Å². The number of hydrogen-bond donors (Lipinski definition) is 0. The van der Waals surface area contributed by atoms with Gasteiger partial charge in [0.05, 0.1) is 13.0 Å². The summed E-state index contributed by atoms with van der Waals surface area (Å²) in [7, 11) is 1.40. The maximum atomic E-state index is 11.0. The molecule has 11 heavy (non-hydrogen) atoms. The van der Waals surface area contributed by atoms with Crippen LogP contribution in [0.3, 0.4) is 0 Å². The van der Waals surface area contributed by atoms with Gasteiger partial charge in [0.1, 0.15) is 6.29 Å². The van der Waals surface area contributed by atoms with Gasteiger partial charge in [0.15, 0.2) is 0 Å². The predicted molar refractivity (Wildman–Crippen MR) is 36.7 cm³/mol. The lowest BCUT2D eigenvalue weighted by Gasteiger charge is -1.93. The van der Waals surface area contributed by atoms with Crippen LogP contribution in [0.4, 0.5) is 0 Å². The van der Waals surface area contributed by atoms with Gasteiger partial charge in [0.25, 0.3) is 0 Å². The van der Waals surface area contributed by atoms with Crippen molar-refractivity contribution < 1.29 is 14.3 Å². The maximum absolute atomic E-state index is 11.0. The monoisotopic (exact) mass is 154 g/mol. The molecule has 2 rings (SSSR count). The molecule has 0 aromatic carbocycles. The van der Waals surface area contributed by atoms with Gasteiger partial charge < -0.3 is 9.53 Å². The van der Waals surface area contributed by atoms with E-state index in [1.165, 1.54) is 7.11 Å². The number of esters is 1. The summed E-state index contributed by atoms with van der Waals surface area (Å²) in [6.07, 6.45) is 2.72. The highest BCUT2D eigenvalue weighted by Crippen LogP contribution is 2.73. The molecule has 0 bridgehead atoms. The summed E-state index contributed by atoms with van der Waals surface area (Å²) in [5, 5.41) is 0. The van der Waals surface area contributed by atoms with Gasteiger partial charge in [0, 0.05) is 5.92 Å². The molecule has 0 aromatic rings. The summed E-state index contributed by atoms with van der Waals surface area (Å²) in [5.41, 5.74) is 0.0643. The molecule has 3 atom stereocenters. The minimum absolute atomic E-state index is 0.0303. The fourth-order valence-electron chi connectivity index (χ4n) is 1.95. The Morgan fingerprint density at radius 3 is 2.82 bits per heavy atom. The molecule has 0 aromatic heterocycles. The number of hydrogen-bond acceptors (Lipinski definition) is 3. The van der Waals surface area contributed by atoms with Crippen molar-refractivity contribution in [3.05, 3.63) is 0 Å². The lowest BCUT2D eigenvalue weighted by atomic mass is 10.2. The standard InChI is InChI=1S/C8H10O3/c1-11-7(10)6-3-8(6)2-5(8)4-9/h4-6H,2-3H2,1H3. The quantitative estimate of drug-likeness (QED) is 0.426. The molecular weight excluding hydrogens is 144 g/mol. The largest absolute Gasteiger partial charge is 0.469 e. The van der Waals surface area contributed by atoms with Crippen LogP contribution < -0.4 is 0 Å². The van der Waals surface area contributed by atoms with Gasteiger partial charge in [-0.3, -0.25) is 4.79 Å². The van der Waals surface area contributed by atoms with Crippen LogP contribution in [0.5, 0.6) is 0 Å². The van der Waals surface area contributed by atoms with E-state index in [4.69, 9.17) is 0 Å². The number of rotatable bonds is 2. The van der Waals surface area contributed by atoms with Gasteiger partial charge in [-0.2, -0.15) is 0 Å². The molecule has 2 aliphatic rings. The van der Waals surface area contributed by atoms with Crippen molar-refractivity contribution >= 4 is 12.3 Å². The molecule has 0 N–H and O–H groups in total. The predicted octanol–water partition coefficient (Wildman–Crippen LogP) is 0.384. The van der Waals surface area contributed by atoms with Crippen molar-refractivity contribution in [1.82, 2.24) is 0 Å². The van der Waals surface area contributed by atoms with Crippen LogP contribution >= 0.6 is 0 Å². The van der Waals surface area contributed by atoms with Crippen molar-refractivity contribution in [3.8, 4) is 0 Å². The molecule has 3 heteroatoms. The Bertz CT molecular complexity index is 223. The Hall–Kier alpha value is -0.860. The SMILES string of the molecule is COC(=O)C1CC12CC2C=O. The summed E-state index contributed by atoms with van der Waals surface area (Å²) in [6.45, 7) is 0. The Kier molecular flexibility index (Phi) is 1.14. The Morgan fingerprint density at radius 2 is 2.36 bits per heavy atom. The molecule has 0 aliphatic heterocycles. The molecule has 2 fully saturated rings. The lowest BCUT2D eigenvalue weighted by Crippen LogP contribution is -2.05. The van der Waals surface area contributed by atoms with Crippen molar-refractivity contribution in [2.75, 3.05) is 7.11 Å². The molecule has 3 unspecified atom stereocenters. The Balaban J connectivity index is 1.97. The highest BCUT2D eigenvalue weighted by Gasteiger charge is 2.73. The van der Waals surface area contributed by atoms with Gasteiger partial charge in [-0.05, 0) is 18.3 Å². The van der Waals surface area contributed by atoms with Gasteiger partial charge in [-0.25, -0.2) is 0 Å². The third-order valence-corrected chi connectivity index (χ3v) is 2.95. The molecule has 3 nitrogen and oxygen atoms in total. The fourth-order valence-corrected chi connectivity index (χ4v) is 1.95. The lowest BCUT2D eigenvalue weighted by molar-refractivity contribution is -0.142. The van der Waals surface area contributed by atoms with E-state index in [0.29, 0.717) is 0 Å². The smallest absolute Gasteiger partial charge is 0.309 e. The first-order valence-corrected chi connectivity index (χ1v) is 3.78. The zero-order chi connectivity index (χ0) is 8.06. The molecule has 2 aliphatic carbocycles. The minimum Gasteiger partial charge on any atom is -0.469 e. The van der Waals surface area contributed by atoms with E-state index in [1.807, 2.05) is 0 Å². The molecule has 0 heterocycles. The molecule has 0 radical (unpaired) electrons. The van der Waals surface area contributed by atoms with E-state index >= 15 is 0 Å². The average Bonchev–Trinajstić information content (AvgIpc) is 2.90. The van der Waals surface area contributed by atoms with E-state index in [9.17, 15) is 9.59 Å². The number of methoxy groups -OCH3 is 1. The fraction of sp³-hybridized carbons (Fsp3) is 0.750. The summed E-state index contributed by atoms with van der Waals surface area (Å²) in [6, 6.07) is 0. The molecule has 1 spiro atoms. The number of carbonyl (C=O) groups is 2. The van der Waals surface area contributed by atoms with E-state index < -0.39 is 0 Å². The van der Waals surface area contributed by atoms with Crippen molar-refractivity contribution in [1.29, 1.82) is 0 Å². The molecular formula is C8H10O3. The first kappa shape index (κ1) is 6.83. The second kappa shape index (κ2) is 1.84. The number of ether oxygens (including phenoxy) is 1. The van der Waals surface area contributed by atoms with E-state index in [0.717, 1.165) is 19.1 Å². The van der Waals surface area contributed by atoms with Crippen LogP contribution in [-0.4, -0.2) is 19.4 Å². The first-order chi connectivity index (χ1) is 5.24. The summed E-state index contributed by atoms with van der Waals surface area (Å²) in [5.74, 6) is 0.0312. The zero-order valence-electron chi connectivity index (χ0n) is 6.37. The van der Waals surface area contributed by atoms with E-state index in [1.54, 1.807) is 0 Å². The van der Waals surface area contributed by atoms with E-state index in [2.05, 4.69) is 4.74 Å². The van der Waals surface area contributed by atoms with Crippen LogP contribution in [0.1, 0.15) is 12.8 Å². The highest BCUT2D eigenvalue weighted by molar-refractivity contribution is 5.80. The van der Waals surface area contributed by atoms with Crippen molar-refractivity contribution in [2.45, 2.75) is 12.8 Å². The van der Waals surface area contributed by atoms with Crippen LogP contribution in [0.25, 0.3) is 0 Å². The normalized spacial score (nSPS) is 45.2. The van der Waals surface area contributed by atoms with Gasteiger partial charge in [-0.15, -0.1) is 0 Å². The number of aldehydes is 1. The summed E-state index contributed by atoms with van der Waals surface area (Å²) >= 11 is 0. The van der Waals surface area contributed by atoms with Gasteiger partial charge >= 0.3 is 5.97 Å². The van der Waals surface area contributed by atoms with Crippen molar-refractivity contribution in [2.24, 2.45) is 17.3 Å².